The minimum atomic E-state index is -0.332. The minimum Gasteiger partial charge on any atom is -0.496 e. The molecule has 0 aliphatic heterocycles. The van der Waals surface area contributed by atoms with Gasteiger partial charge in [-0.25, -0.2) is 4.79 Å². The average Bonchev–Trinajstić information content (AvgIpc) is 2.67. The second-order valence-corrected chi connectivity index (χ2v) is 5.35. The van der Waals surface area contributed by atoms with Crippen LogP contribution < -0.4 is 4.74 Å². The summed E-state index contributed by atoms with van der Waals surface area (Å²) in [5.41, 5.74) is 4.77. The van der Waals surface area contributed by atoms with Crippen molar-refractivity contribution in [2.45, 2.75) is 0 Å². The summed E-state index contributed by atoms with van der Waals surface area (Å²) in [6.07, 6.45) is 0. The van der Waals surface area contributed by atoms with Gasteiger partial charge in [-0.1, -0.05) is 48.5 Å². The van der Waals surface area contributed by atoms with Gasteiger partial charge in [0.1, 0.15) is 5.75 Å². The van der Waals surface area contributed by atoms with Gasteiger partial charge in [0.05, 0.1) is 19.8 Å². The van der Waals surface area contributed by atoms with E-state index in [1.54, 1.807) is 19.2 Å². The van der Waals surface area contributed by atoms with E-state index in [0.29, 0.717) is 5.56 Å². The Hall–Kier alpha value is -3.07. The fourth-order valence-electron chi connectivity index (χ4n) is 2.65. The molecule has 3 rings (SSSR count). The third-order valence-electron chi connectivity index (χ3n) is 3.92. The fraction of sp³-hybridized carbons (Fsp3) is 0.0952. The van der Waals surface area contributed by atoms with Gasteiger partial charge in [0.25, 0.3) is 0 Å². The molecule has 0 fully saturated rings. The SMILES string of the molecule is COC(=O)c1ccc(-c2ccc(OC)c(-c3ccccc3)c2)cc1. The standard InChI is InChI=1S/C21H18O3/c1-23-20-13-12-18(14-19(20)16-6-4-3-5-7-16)15-8-10-17(11-9-15)21(22)24-2/h3-14H,1-2H3. The van der Waals surface area contributed by atoms with Gasteiger partial charge in [-0.05, 0) is 41.0 Å². The van der Waals surface area contributed by atoms with Crippen LogP contribution in [0.15, 0.2) is 72.8 Å². The zero-order valence-electron chi connectivity index (χ0n) is 13.7. The third-order valence-corrected chi connectivity index (χ3v) is 3.92. The number of carbonyl (C=O) groups excluding carboxylic acids is 1. The molecule has 3 aromatic rings. The highest BCUT2D eigenvalue weighted by molar-refractivity contribution is 5.90. The first-order valence-corrected chi connectivity index (χ1v) is 7.65. The number of carbonyl (C=O) groups is 1. The second-order valence-electron chi connectivity index (χ2n) is 5.35. The van der Waals surface area contributed by atoms with Crippen molar-refractivity contribution in [2.24, 2.45) is 0 Å². The van der Waals surface area contributed by atoms with Crippen LogP contribution in [0.25, 0.3) is 22.3 Å². The Morgan fingerprint density at radius 1 is 0.750 bits per heavy atom. The predicted molar refractivity (Wildman–Crippen MR) is 95.2 cm³/mol. The Kier molecular flexibility index (Phi) is 4.62. The first kappa shape index (κ1) is 15.8. The Labute approximate surface area is 141 Å². The maximum absolute atomic E-state index is 11.5. The summed E-state index contributed by atoms with van der Waals surface area (Å²) in [6, 6.07) is 23.6. The number of hydrogen-bond acceptors (Lipinski definition) is 3. The molecular formula is C21H18O3. The van der Waals surface area contributed by atoms with E-state index in [2.05, 4.69) is 18.2 Å². The zero-order chi connectivity index (χ0) is 16.9. The number of ether oxygens (including phenoxy) is 2. The summed E-state index contributed by atoms with van der Waals surface area (Å²) in [6.45, 7) is 0. The van der Waals surface area contributed by atoms with E-state index in [4.69, 9.17) is 9.47 Å². The van der Waals surface area contributed by atoms with Crippen molar-refractivity contribution in [1.82, 2.24) is 0 Å². The molecule has 3 heteroatoms. The Morgan fingerprint density at radius 2 is 1.42 bits per heavy atom. The maximum Gasteiger partial charge on any atom is 0.337 e. The summed E-state index contributed by atoms with van der Waals surface area (Å²) < 4.78 is 10.2. The van der Waals surface area contributed by atoms with Crippen molar-refractivity contribution in [3.05, 3.63) is 78.4 Å². The molecule has 0 aliphatic carbocycles. The van der Waals surface area contributed by atoms with Crippen LogP contribution in [0.4, 0.5) is 0 Å². The Balaban J connectivity index is 2.02. The molecule has 0 saturated heterocycles. The van der Waals surface area contributed by atoms with E-state index in [-0.39, 0.29) is 5.97 Å². The van der Waals surface area contributed by atoms with Crippen LogP contribution in [0.5, 0.6) is 5.75 Å². The summed E-state index contributed by atoms with van der Waals surface area (Å²) in [7, 11) is 3.05. The van der Waals surface area contributed by atoms with E-state index in [1.807, 2.05) is 42.5 Å². The number of benzene rings is 3. The zero-order valence-corrected chi connectivity index (χ0v) is 13.7. The topological polar surface area (TPSA) is 35.5 Å². The second kappa shape index (κ2) is 7.01. The van der Waals surface area contributed by atoms with Crippen molar-refractivity contribution in [2.75, 3.05) is 14.2 Å². The largest absolute Gasteiger partial charge is 0.496 e. The molecule has 0 saturated carbocycles. The normalized spacial score (nSPS) is 10.2. The fourth-order valence-corrected chi connectivity index (χ4v) is 2.65. The van der Waals surface area contributed by atoms with E-state index < -0.39 is 0 Å². The molecule has 0 aliphatic rings. The molecule has 24 heavy (non-hydrogen) atoms. The lowest BCUT2D eigenvalue weighted by Gasteiger charge is -2.11. The average molecular weight is 318 g/mol. The van der Waals surface area contributed by atoms with Crippen LogP contribution >= 0.6 is 0 Å². The quantitative estimate of drug-likeness (QED) is 0.647. The molecule has 0 spiro atoms. The lowest BCUT2D eigenvalue weighted by molar-refractivity contribution is 0.0601. The molecule has 0 heterocycles. The van der Waals surface area contributed by atoms with Crippen molar-refractivity contribution in [1.29, 1.82) is 0 Å². The van der Waals surface area contributed by atoms with Crippen LogP contribution in [0.2, 0.25) is 0 Å². The lowest BCUT2D eigenvalue weighted by Crippen LogP contribution is -2.00. The minimum absolute atomic E-state index is 0.332. The highest BCUT2D eigenvalue weighted by Crippen LogP contribution is 2.34. The number of esters is 1. The monoisotopic (exact) mass is 318 g/mol. The molecule has 0 atom stereocenters. The highest BCUT2D eigenvalue weighted by Gasteiger charge is 2.09. The van der Waals surface area contributed by atoms with Crippen LogP contribution in [-0.2, 0) is 4.74 Å². The van der Waals surface area contributed by atoms with Gasteiger partial charge in [0.15, 0.2) is 0 Å². The van der Waals surface area contributed by atoms with E-state index >= 15 is 0 Å². The van der Waals surface area contributed by atoms with Crippen LogP contribution in [0, 0.1) is 0 Å². The summed E-state index contributed by atoms with van der Waals surface area (Å²) in [4.78, 5) is 11.5. The van der Waals surface area contributed by atoms with E-state index in [1.165, 1.54) is 7.11 Å². The summed E-state index contributed by atoms with van der Waals surface area (Å²) in [5.74, 6) is 0.498. The highest BCUT2D eigenvalue weighted by atomic mass is 16.5. The molecule has 0 N–H and O–H groups in total. The van der Waals surface area contributed by atoms with Crippen molar-refractivity contribution < 1.29 is 14.3 Å². The van der Waals surface area contributed by atoms with Gasteiger partial charge in [0, 0.05) is 5.56 Å². The van der Waals surface area contributed by atoms with Crippen LogP contribution in [0.3, 0.4) is 0 Å². The molecule has 0 bridgehead atoms. The van der Waals surface area contributed by atoms with Crippen molar-refractivity contribution in [3.8, 4) is 28.0 Å². The van der Waals surface area contributed by atoms with Crippen molar-refractivity contribution in [3.63, 3.8) is 0 Å². The van der Waals surface area contributed by atoms with Gasteiger partial charge in [-0.3, -0.25) is 0 Å². The first-order valence-electron chi connectivity index (χ1n) is 7.65. The van der Waals surface area contributed by atoms with Gasteiger partial charge in [-0.2, -0.15) is 0 Å². The molecule has 0 amide bonds. The molecule has 0 unspecified atom stereocenters. The number of hydrogen-bond donors (Lipinski definition) is 0. The molecule has 3 aromatic carbocycles. The molecule has 120 valence electrons. The predicted octanol–water partition coefficient (Wildman–Crippen LogP) is 4.82. The molecule has 3 nitrogen and oxygen atoms in total. The molecular weight excluding hydrogens is 300 g/mol. The van der Waals surface area contributed by atoms with Gasteiger partial charge in [-0.15, -0.1) is 0 Å². The smallest absolute Gasteiger partial charge is 0.337 e. The van der Waals surface area contributed by atoms with E-state index in [0.717, 1.165) is 28.0 Å². The number of rotatable bonds is 4. The van der Waals surface area contributed by atoms with Gasteiger partial charge < -0.3 is 9.47 Å². The van der Waals surface area contributed by atoms with Crippen molar-refractivity contribution >= 4 is 5.97 Å². The Bertz CT molecular complexity index is 837. The summed E-state index contributed by atoms with van der Waals surface area (Å²) >= 11 is 0. The van der Waals surface area contributed by atoms with Crippen LogP contribution in [-0.4, -0.2) is 20.2 Å². The lowest BCUT2D eigenvalue weighted by atomic mass is 9.97. The van der Waals surface area contributed by atoms with Crippen LogP contribution in [0.1, 0.15) is 10.4 Å². The van der Waals surface area contributed by atoms with Gasteiger partial charge in [0.2, 0.25) is 0 Å². The van der Waals surface area contributed by atoms with Gasteiger partial charge >= 0.3 is 5.97 Å². The third kappa shape index (κ3) is 3.15. The molecule has 0 radical (unpaired) electrons. The Morgan fingerprint density at radius 3 is 2.04 bits per heavy atom. The number of methoxy groups -OCH3 is 2. The maximum atomic E-state index is 11.5. The molecule has 0 aromatic heterocycles. The first-order chi connectivity index (χ1) is 11.7. The summed E-state index contributed by atoms with van der Waals surface area (Å²) in [5, 5.41) is 0. The van der Waals surface area contributed by atoms with E-state index in [9.17, 15) is 4.79 Å².